The Morgan fingerprint density at radius 3 is 2.80 bits per heavy atom. The fourth-order valence-electron chi connectivity index (χ4n) is 5.72. The third-order valence-electron chi connectivity index (χ3n) is 7.82. The van der Waals surface area contributed by atoms with Crippen LogP contribution in [0.3, 0.4) is 0 Å². The fourth-order valence-corrected chi connectivity index (χ4v) is 6.61. The number of rotatable bonds is 8. The van der Waals surface area contributed by atoms with Gasteiger partial charge in [0, 0.05) is 36.3 Å². The van der Waals surface area contributed by atoms with Gasteiger partial charge in [0.2, 0.25) is 0 Å². The second-order valence-corrected chi connectivity index (χ2v) is 11.7. The lowest BCUT2D eigenvalue weighted by molar-refractivity contribution is 0.102. The van der Waals surface area contributed by atoms with E-state index in [0.29, 0.717) is 56.2 Å². The number of hydrogen-bond donors (Lipinski definition) is 3. The quantitative estimate of drug-likeness (QED) is 0.173. The third kappa shape index (κ3) is 4.83. The first-order valence-corrected chi connectivity index (χ1v) is 14.6. The van der Waals surface area contributed by atoms with Gasteiger partial charge in [-0.25, -0.2) is 9.37 Å². The molecule has 1 fully saturated rings. The zero-order chi connectivity index (χ0) is 27.9. The highest BCUT2D eigenvalue weighted by Crippen LogP contribution is 2.36. The molecule has 10 heteroatoms. The van der Waals surface area contributed by atoms with E-state index < -0.39 is 0 Å². The van der Waals surface area contributed by atoms with Crippen molar-refractivity contribution in [3.05, 3.63) is 71.2 Å². The molecule has 5 heterocycles. The van der Waals surface area contributed by atoms with Crippen LogP contribution in [0.1, 0.15) is 47.8 Å². The van der Waals surface area contributed by atoms with Crippen LogP contribution >= 0.6 is 11.3 Å². The van der Waals surface area contributed by atoms with E-state index in [1.165, 1.54) is 37.0 Å². The van der Waals surface area contributed by atoms with Gasteiger partial charge in [0.1, 0.15) is 22.7 Å². The summed E-state index contributed by atoms with van der Waals surface area (Å²) < 4.78 is 16.2. The number of halogens is 1. The van der Waals surface area contributed by atoms with E-state index in [4.69, 9.17) is 4.98 Å². The van der Waals surface area contributed by atoms with Crippen molar-refractivity contribution in [3.8, 4) is 33.2 Å². The largest absolute Gasteiger partial charge is 0.336 e. The Morgan fingerprint density at radius 2 is 1.98 bits per heavy atom. The van der Waals surface area contributed by atoms with Gasteiger partial charge in [-0.15, -0.1) is 11.3 Å². The molecule has 8 nitrogen and oxygen atoms in total. The Balaban J connectivity index is 1.23. The van der Waals surface area contributed by atoms with Crippen molar-refractivity contribution in [2.24, 2.45) is 5.92 Å². The Kier molecular flexibility index (Phi) is 6.64. The highest BCUT2D eigenvalue weighted by atomic mass is 32.1. The molecular weight excluding hydrogens is 537 g/mol. The maximum atomic E-state index is 16.2. The van der Waals surface area contributed by atoms with Crippen LogP contribution in [0.5, 0.6) is 0 Å². The predicted molar refractivity (Wildman–Crippen MR) is 159 cm³/mol. The second kappa shape index (κ2) is 10.6. The summed E-state index contributed by atoms with van der Waals surface area (Å²) in [6, 6.07) is 11.1. The molecule has 1 aromatic carbocycles. The lowest BCUT2D eigenvalue weighted by atomic mass is 10.0. The lowest BCUT2D eigenvalue weighted by Gasteiger charge is -2.11. The fraction of sp³-hybridized carbons (Fsp3) is 0.258. The molecule has 1 aliphatic carbocycles. The number of H-pyrrole nitrogens is 2. The minimum absolute atomic E-state index is 0.00601. The second-order valence-electron chi connectivity index (χ2n) is 10.6. The number of imidazole rings is 1. The molecule has 0 spiro atoms. The summed E-state index contributed by atoms with van der Waals surface area (Å²) in [5.74, 6) is 0.806. The summed E-state index contributed by atoms with van der Waals surface area (Å²) >= 11 is 1.37. The number of pyridine rings is 2. The number of hydrogen-bond acceptors (Lipinski definition) is 7. The predicted octanol–water partition coefficient (Wildman–Crippen LogP) is 6.91. The summed E-state index contributed by atoms with van der Waals surface area (Å²) in [5, 5.41) is 11.3. The maximum Gasteiger partial charge on any atom is 0.169 e. The van der Waals surface area contributed by atoms with E-state index in [0.717, 1.165) is 28.4 Å². The number of nitrogens with zero attached hydrogens (tertiary/aromatic N) is 4. The molecule has 3 N–H and O–H groups in total. The van der Waals surface area contributed by atoms with Gasteiger partial charge in [-0.3, -0.25) is 19.9 Å². The van der Waals surface area contributed by atoms with E-state index >= 15 is 4.39 Å². The van der Waals surface area contributed by atoms with Crippen molar-refractivity contribution in [1.29, 1.82) is 0 Å². The summed E-state index contributed by atoms with van der Waals surface area (Å²) in [4.78, 5) is 30.3. The number of aromatic nitrogens is 6. The zero-order valence-corrected chi connectivity index (χ0v) is 23.3. The van der Waals surface area contributed by atoms with Gasteiger partial charge < -0.3 is 10.3 Å². The minimum atomic E-state index is -0.382. The summed E-state index contributed by atoms with van der Waals surface area (Å²) in [6.07, 6.45) is 10.4. The summed E-state index contributed by atoms with van der Waals surface area (Å²) in [7, 11) is 0. The van der Waals surface area contributed by atoms with Crippen LogP contribution in [0.2, 0.25) is 0 Å². The van der Waals surface area contributed by atoms with Crippen molar-refractivity contribution in [2.45, 2.75) is 39.2 Å². The molecule has 0 bridgehead atoms. The number of Topliss-reactive ketones (excluding diaryl/α,β-unsaturated/α-hetero) is 1. The smallest absolute Gasteiger partial charge is 0.169 e. The molecule has 6 aromatic rings. The van der Waals surface area contributed by atoms with Crippen molar-refractivity contribution in [3.63, 3.8) is 0 Å². The number of ketones is 1. The molecule has 1 aliphatic rings. The first kappa shape index (κ1) is 25.7. The van der Waals surface area contributed by atoms with Crippen LogP contribution in [0.4, 0.5) is 4.39 Å². The number of aromatic amines is 2. The molecule has 41 heavy (non-hydrogen) atoms. The van der Waals surface area contributed by atoms with Crippen LogP contribution in [0.25, 0.3) is 55.2 Å². The van der Waals surface area contributed by atoms with Crippen LogP contribution in [-0.4, -0.2) is 42.5 Å². The Morgan fingerprint density at radius 1 is 1.10 bits per heavy atom. The van der Waals surface area contributed by atoms with Gasteiger partial charge in [-0.2, -0.15) is 5.10 Å². The van der Waals surface area contributed by atoms with E-state index in [1.54, 1.807) is 31.5 Å². The monoisotopic (exact) mass is 565 g/mol. The Labute approximate surface area is 239 Å². The maximum absolute atomic E-state index is 16.2. The molecule has 5 aromatic heterocycles. The number of benzene rings is 1. The third-order valence-corrected chi connectivity index (χ3v) is 9.01. The zero-order valence-electron chi connectivity index (χ0n) is 22.5. The summed E-state index contributed by atoms with van der Waals surface area (Å²) in [5.41, 5.74) is 5.20. The molecular formula is C31H28FN7OS. The molecule has 0 saturated heterocycles. The first-order chi connectivity index (χ1) is 20.0. The average Bonchev–Trinajstić information content (AvgIpc) is 3.79. The van der Waals surface area contributed by atoms with Gasteiger partial charge in [0.25, 0.3) is 0 Å². The number of carbonyl (C=O) groups excluding carboxylic acids is 1. The number of carbonyl (C=O) groups is 1. The molecule has 0 unspecified atom stereocenters. The van der Waals surface area contributed by atoms with E-state index in [1.807, 2.05) is 30.5 Å². The SMILES string of the molecule is CC(=O)c1ccc(-c2nccc3[nH]c(-c4n[nH]c5ccc(-c6cncc(CNCC7CCCC7)c6)c(F)c45)nc23)s1. The van der Waals surface area contributed by atoms with Crippen LogP contribution in [0, 0.1) is 11.7 Å². The molecule has 1 saturated carbocycles. The van der Waals surface area contributed by atoms with E-state index in [-0.39, 0.29) is 11.6 Å². The van der Waals surface area contributed by atoms with Crippen molar-refractivity contribution in [1.82, 2.24) is 35.5 Å². The number of nitrogens with one attached hydrogen (secondary N) is 3. The van der Waals surface area contributed by atoms with E-state index in [2.05, 4.69) is 30.5 Å². The highest BCUT2D eigenvalue weighted by molar-refractivity contribution is 7.17. The Hall–Kier alpha value is -4.28. The van der Waals surface area contributed by atoms with Gasteiger partial charge in [-0.05, 0) is 74.2 Å². The van der Waals surface area contributed by atoms with Gasteiger partial charge in [0.15, 0.2) is 11.6 Å². The normalized spacial score (nSPS) is 14.0. The van der Waals surface area contributed by atoms with Crippen molar-refractivity contribution >= 4 is 39.1 Å². The molecule has 206 valence electrons. The number of fused-ring (bicyclic) bond motifs is 2. The van der Waals surface area contributed by atoms with E-state index in [9.17, 15) is 4.79 Å². The van der Waals surface area contributed by atoms with Crippen LogP contribution < -0.4 is 5.32 Å². The van der Waals surface area contributed by atoms with Gasteiger partial charge >= 0.3 is 0 Å². The van der Waals surface area contributed by atoms with Crippen LogP contribution in [-0.2, 0) is 6.54 Å². The summed E-state index contributed by atoms with van der Waals surface area (Å²) in [6.45, 7) is 3.25. The number of thiophene rings is 1. The lowest BCUT2D eigenvalue weighted by Crippen LogP contribution is -2.20. The van der Waals surface area contributed by atoms with Gasteiger partial charge in [-0.1, -0.05) is 12.8 Å². The average molecular weight is 566 g/mol. The molecule has 0 amide bonds. The molecule has 0 aliphatic heterocycles. The van der Waals surface area contributed by atoms with Crippen molar-refractivity contribution in [2.75, 3.05) is 6.54 Å². The minimum Gasteiger partial charge on any atom is -0.336 e. The molecule has 7 rings (SSSR count). The molecule has 0 radical (unpaired) electrons. The standard InChI is InChI=1S/C31H28FN7OS/c1-17(40)24-8-9-25(41-24)29-28-23(10-11-35-29)36-31(37-28)30-26-22(38-39-30)7-6-21(27(26)32)20-12-19(15-34-16-20)14-33-13-18-4-2-3-5-18/h6-12,15-16,18,33H,2-5,13-14H2,1H3,(H,36,37)(H,38,39). The van der Waals surface area contributed by atoms with Crippen LogP contribution in [0.15, 0.2) is 55.0 Å². The van der Waals surface area contributed by atoms with Crippen molar-refractivity contribution < 1.29 is 9.18 Å². The first-order valence-electron chi connectivity index (χ1n) is 13.8. The highest BCUT2D eigenvalue weighted by Gasteiger charge is 2.21. The Bertz CT molecular complexity index is 1900. The molecule has 0 atom stereocenters. The van der Waals surface area contributed by atoms with Gasteiger partial charge in [0.05, 0.1) is 26.2 Å². The topological polar surface area (TPSA) is 112 Å².